The summed E-state index contributed by atoms with van der Waals surface area (Å²) in [7, 11) is 4.42. The molecule has 0 aliphatic carbocycles. The number of rotatable bonds is 3. The number of hydrogen-bond acceptors (Lipinski definition) is 3. The lowest BCUT2D eigenvalue weighted by molar-refractivity contribution is 0.240. The molecule has 1 N–H and O–H groups in total. The van der Waals surface area contributed by atoms with Crippen LogP contribution in [0.5, 0.6) is 0 Å². The molecule has 2 aliphatic rings. The molecular weight excluding hydrogens is 246 g/mol. The molecule has 1 aromatic carbocycles. The maximum absolute atomic E-state index is 3.71. The van der Waals surface area contributed by atoms with Gasteiger partial charge in [0.1, 0.15) is 0 Å². The number of likely N-dealkylation sites (tertiary alicyclic amines) is 1. The molecule has 3 nitrogen and oxygen atoms in total. The first kappa shape index (κ1) is 14.1. The van der Waals surface area contributed by atoms with Crippen molar-refractivity contribution in [3.8, 4) is 0 Å². The summed E-state index contributed by atoms with van der Waals surface area (Å²) < 4.78 is 0. The van der Waals surface area contributed by atoms with Gasteiger partial charge in [0.15, 0.2) is 0 Å². The highest BCUT2D eigenvalue weighted by molar-refractivity contribution is 5.30. The Bertz CT molecular complexity index is 457. The van der Waals surface area contributed by atoms with Crippen LogP contribution in [0, 0.1) is 5.92 Å². The molecule has 0 saturated carbocycles. The predicted molar refractivity (Wildman–Crippen MR) is 83.9 cm³/mol. The largest absolute Gasteiger partial charge is 0.308 e. The third-order valence-corrected chi connectivity index (χ3v) is 4.96. The quantitative estimate of drug-likeness (QED) is 0.902. The van der Waals surface area contributed by atoms with Crippen LogP contribution in [0.4, 0.5) is 0 Å². The van der Waals surface area contributed by atoms with Gasteiger partial charge in [-0.15, -0.1) is 0 Å². The average molecular weight is 273 g/mol. The molecule has 0 bridgehead atoms. The average Bonchev–Trinajstić information content (AvgIpc) is 2.79. The van der Waals surface area contributed by atoms with Crippen LogP contribution in [0.25, 0.3) is 0 Å². The van der Waals surface area contributed by atoms with Gasteiger partial charge in [0.05, 0.1) is 0 Å². The van der Waals surface area contributed by atoms with Gasteiger partial charge in [0, 0.05) is 38.3 Å². The lowest BCUT2D eigenvalue weighted by atomic mass is 9.96. The van der Waals surface area contributed by atoms with Gasteiger partial charge in [-0.25, -0.2) is 0 Å². The van der Waals surface area contributed by atoms with Gasteiger partial charge < -0.3 is 10.2 Å². The van der Waals surface area contributed by atoms with Crippen LogP contribution in [0.2, 0.25) is 0 Å². The van der Waals surface area contributed by atoms with E-state index in [1.165, 1.54) is 37.2 Å². The Morgan fingerprint density at radius 3 is 2.65 bits per heavy atom. The number of nitrogens with zero attached hydrogens (tertiary/aromatic N) is 2. The molecule has 0 spiro atoms. The van der Waals surface area contributed by atoms with E-state index in [-0.39, 0.29) is 0 Å². The van der Waals surface area contributed by atoms with Crippen LogP contribution in [0.1, 0.15) is 18.1 Å². The Morgan fingerprint density at radius 2 is 1.95 bits per heavy atom. The maximum Gasteiger partial charge on any atom is 0.0254 e. The van der Waals surface area contributed by atoms with E-state index < -0.39 is 0 Å². The minimum Gasteiger partial charge on any atom is -0.308 e. The molecule has 3 heteroatoms. The Hall–Kier alpha value is -0.900. The van der Waals surface area contributed by atoms with Crippen LogP contribution >= 0.6 is 0 Å². The normalized spacial score (nSPS) is 30.7. The third kappa shape index (κ3) is 2.90. The van der Waals surface area contributed by atoms with E-state index in [2.05, 4.69) is 60.4 Å². The lowest BCUT2D eigenvalue weighted by Gasteiger charge is -2.30. The molecule has 3 unspecified atom stereocenters. The van der Waals surface area contributed by atoms with E-state index in [9.17, 15) is 0 Å². The third-order valence-electron chi connectivity index (χ3n) is 4.96. The number of fused-ring (bicyclic) bond motifs is 1. The predicted octanol–water partition coefficient (Wildman–Crippen LogP) is 1.58. The van der Waals surface area contributed by atoms with Crippen LogP contribution in [-0.2, 0) is 13.0 Å². The van der Waals surface area contributed by atoms with Crippen LogP contribution in [0.15, 0.2) is 24.3 Å². The zero-order chi connectivity index (χ0) is 14.1. The molecule has 0 aromatic heterocycles. The van der Waals surface area contributed by atoms with Gasteiger partial charge in [-0.05, 0) is 37.6 Å². The molecule has 0 amide bonds. The molecule has 0 radical (unpaired) electrons. The van der Waals surface area contributed by atoms with E-state index in [1.807, 2.05) is 0 Å². The summed E-state index contributed by atoms with van der Waals surface area (Å²) in [5.41, 5.74) is 3.01. The molecular formula is C17H27N3. The van der Waals surface area contributed by atoms with Gasteiger partial charge in [-0.2, -0.15) is 0 Å². The molecule has 1 aromatic rings. The molecule has 2 aliphatic heterocycles. The second-order valence-corrected chi connectivity index (χ2v) is 6.78. The van der Waals surface area contributed by atoms with Crippen molar-refractivity contribution in [2.24, 2.45) is 5.92 Å². The summed E-state index contributed by atoms with van der Waals surface area (Å²) in [5.74, 6) is 0.779. The first-order valence-electron chi connectivity index (χ1n) is 7.82. The molecule has 2 heterocycles. The zero-order valence-electron chi connectivity index (χ0n) is 13.0. The number of likely N-dealkylation sites (N-methyl/N-ethyl adjacent to an activating group) is 1. The van der Waals surface area contributed by atoms with Crippen molar-refractivity contribution in [1.29, 1.82) is 0 Å². The van der Waals surface area contributed by atoms with E-state index >= 15 is 0 Å². The van der Waals surface area contributed by atoms with E-state index in [4.69, 9.17) is 0 Å². The van der Waals surface area contributed by atoms with Crippen molar-refractivity contribution in [3.05, 3.63) is 35.4 Å². The zero-order valence-corrected chi connectivity index (χ0v) is 13.0. The van der Waals surface area contributed by atoms with Crippen LogP contribution in [0.3, 0.4) is 0 Å². The number of hydrogen-bond donors (Lipinski definition) is 1. The first-order valence-corrected chi connectivity index (χ1v) is 7.82. The topological polar surface area (TPSA) is 18.5 Å². The molecule has 3 rings (SSSR count). The van der Waals surface area contributed by atoms with Gasteiger partial charge in [-0.3, -0.25) is 4.90 Å². The summed E-state index contributed by atoms with van der Waals surface area (Å²) in [6.07, 6.45) is 1.17. The second-order valence-electron chi connectivity index (χ2n) is 6.78. The van der Waals surface area contributed by atoms with Gasteiger partial charge in [-0.1, -0.05) is 31.2 Å². The van der Waals surface area contributed by atoms with Crippen molar-refractivity contribution in [3.63, 3.8) is 0 Å². The molecule has 1 saturated heterocycles. The fraction of sp³-hybridized carbons (Fsp3) is 0.647. The molecule has 110 valence electrons. The summed E-state index contributed by atoms with van der Waals surface area (Å²) in [6.45, 7) is 7.05. The minimum atomic E-state index is 0.609. The van der Waals surface area contributed by atoms with Crippen LogP contribution < -0.4 is 5.32 Å². The Kier molecular flexibility index (Phi) is 4.11. The van der Waals surface area contributed by atoms with E-state index in [1.54, 1.807) is 0 Å². The Balaban J connectivity index is 1.58. The maximum atomic E-state index is 3.71. The van der Waals surface area contributed by atoms with Crippen molar-refractivity contribution in [2.75, 3.05) is 33.7 Å². The summed E-state index contributed by atoms with van der Waals surface area (Å²) in [5, 5.41) is 3.71. The van der Waals surface area contributed by atoms with Gasteiger partial charge >= 0.3 is 0 Å². The number of nitrogens with one attached hydrogen (secondary N) is 1. The Labute approximate surface area is 123 Å². The van der Waals surface area contributed by atoms with Crippen molar-refractivity contribution in [1.82, 2.24) is 15.1 Å². The molecule has 20 heavy (non-hydrogen) atoms. The summed E-state index contributed by atoms with van der Waals surface area (Å²) in [6, 6.07) is 10.2. The monoisotopic (exact) mass is 273 g/mol. The SMILES string of the molecule is CC1CN(CC2Cc3ccccc3CN2)CC1N(C)C. The van der Waals surface area contributed by atoms with Crippen molar-refractivity contribution < 1.29 is 0 Å². The fourth-order valence-electron chi connectivity index (χ4n) is 3.83. The number of benzene rings is 1. The molecule has 3 atom stereocenters. The second kappa shape index (κ2) is 5.84. The standard InChI is InChI=1S/C17H27N3/c1-13-10-20(12-17(13)19(2)3)11-16-8-14-6-4-5-7-15(14)9-18-16/h4-7,13,16-18H,8-12H2,1-3H3. The van der Waals surface area contributed by atoms with E-state index in [0.717, 1.165) is 12.5 Å². The van der Waals surface area contributed by atoms with Crippen molar-refractivity contribution in [2.45, 2.75) is 32.0 Å². The highest BCUT2D eigenvalue weighted by atomic mass is 15.2. The first-order chi connectivity index (χ1) is 9.63. The highest BCUT2D eigenvalue weighted by Crippen LogP contribution is 2.22. The minimum absolute atomic E-state index is 0.609. The van der Waals surface area contributed by atoms with Gasteiger partial charge in [0.2, 0.25) is 0 Å². The van der Waals surface area contributed by atoms with Crippen molar-refractivity contribution >= 4 is 0 Å². The Morgan fingerprint density at radius 1 is 1.20 bits per heavy atom. The molecule has 1 fully saturated rings. The lowest BCUT2D eigenvalue weighted by Crippen LogP contribution is -2.44. The summed E-state index contributed by atoms with van der Waals surface area (Å²) in [4.78, 5) is 5.02. The summed E-state index contributed by atoms with van der Waals surface area (Å²) >= 11 is 0. The highest BCUT2D eigenvalue weighted by Gasteiger charge is 2.32. The van der Waals surface area contributed by atoms with Gasteiger partial charge in [0.25, 0.3) is 0 Å². The fourth-order valence-corrected chi connectivity index (χ4v) is 3.83. The van der Waals surface area contributed by atoms with E-state index in [0.29, 0.717) is 12.1 Å². The van der Waals surface area contributed by atoms with Crippen LogP contribution in [-0.4, -0.2) is 55.6 Å². The smallest absolute Gasteiger partial charge is 0.0254 e.